The Labute approximate surface area is 139 Å². The highest BCUT2D eigenvalue weighted by atomic mass is 32.2. The average Bonchev–Trinajstić information content (AvgIpc) is 2.96. The predicted octanol–water partition coefficient (Wildman–Crippen LogP) is 2.05. The van der Waals surface area contributed by atoms with Crippen molar-refractivity contribution in [3.8, 4) is 6.07 Å². The molecule has 0 bridgehead atoms. The number of benzene rings is 1. The first-order chi connectivity index (χ1) is 10.9. The van der Waals surface area contributed by atoms with Gasteiger partial charge >= 0.3 is 0 Å². The number of hydrogen-bond donors (Lipinski definition) is 0. The zero-order valence-corrected chi connectivity index (χ0v) is 14.7. The highest BCUT2D eigenvalue weighted by Gasteiger charge is 2.31. The normalized spacial score (nSPS) is 19.1. The van der Waals surface area contributed by atoms with Gasteiger partial charge in [0.15, 0.2) is 0 Å². The Kier molecular flexibility index (Phi) is 6.17. The third kappa shape index (κ3) is 5.03. The van der Waals surface area contributed by atoms with E-state index in [0.717, 1.165) is 25.9 Å². The van der Waals surface area contributed by atoms with Crippen molar-refractivity contribution < 1.29 is 8.42 Å². The molecule has 0 amide bonds. The summed E-state index contributed by atoms with van der Waals surface area (Å²) in [6.07, 6.45) is 2.03. The van der Waals surface area contributed by atoms with Crippen LogP contribution >= 0.6 is 0 Å². The van der Waals surface area contributed by atoms with Crippen molar-refractivity contribution >= 4 is 10.0 Å². The summed E-state index contributed by atoms with van der Waals surface area (Å²) in [6.45, 7) is 5.35. The van der Waals surface area contributed by atoms with Crippen molar-refractivity contribution in [2.45, 2.75) is 25.5 Å². The van der Waals surface area contributed by atoms with Gasteiger partial charge in [-0.15, -0.1) is 0 Å². The van der Waals surface area contributed by atoms with E-state index in [9.17, 15) is 8.42 Å². The maximum Gasteiger partial charge on any atom is 0.218 e. The molecule has 1 fully saturated rings. The van der Waals surface area contributed by atoms with Gasteiger partial charge in [0.2, 0.25) is 10.0 Å². The number of nitrogens with zero attached hydrogens (tertiary/aromatic N) is 3. The molecule has 1 aromatic carbocycles. The van der Waals surface area contributed by atoms with Gasteiger partial charge in [-0.05, 0) is 50.0 Å². The molecular formula is C17H25N3O2S. The van der Waals surface area contributed by atoms with Crippen LogP contribution in [0.25, 0.3) is 0 Å². The summed E-state index contributed by atoms with van der Waals surface area (Å²) < 4.78 is 26.8. The van der Waals surface area contributed by atoms with Crippen LogP contribution < -0.4 is 0 Å². The number of hydrogen-bond acceptors (Lipinski definition) is 4. The van der Waals surface area contributed by atoms with Crippen LogP contribution in [0.5, 0.6) is 0 Å². The summed E-state index contributed by atoms with van der Waals surface area (Å²) in [4.78, 5) is 2.27. The topological polar surface area (TPSA) is 64.4 Å². The summed E-state index contributed by atoms with van der Waals surface area (Å²) in [5, 5.41) is 8.92. The van der Waals surface area contributed by atoms with Crippen LogP contribution in [0.3, 0.4) is 0 Å². The minimum atomic E-state index is -3.31. The van der Waals surface area contributed by atoms with Gasteiger partial charge in [0.25, 0.3) is 0 Å². The van der Waals surface area contributed by atoms with E-state index in [-0.39, 0.29) is 5.75 Å². The first-order valence-electron chi connectivity index (χ1n) is 8.10. The van der Waals surface area contributed by atoms with Gasteiger partial charge in [0.05, 0.1) is 17.4 Å². The van der Waals surface area contributed by atoms with Crippen molar-refractivity contribution in [2.24, 2.45) is 5.92 Å². The minimum absolute atomic E-state index is 0.0277. The molecule has 0 spiro atoms. The predicted molar refractivity (Wildman–Crippen MR) is 91.2 cm³/mol. The van der Waals surface area contributed by atoms with Gasteiger partial charge in [-0.25, -0.2) is 12.7 Å². The van der Waals surface area contributed by atoms with Crippen LogP contribution in [0.2, 0.25) is 0 Å². The molecule has 0 aliphatic carbocycles. The Balaban J connectivity index is 1.97. The van der Waals surface area contributed by atoms with E-state index in [2.05, 4.69) is 18.9 Å². The van der Waals surface area contributed by atoms with Crippen LogP contribution in [-0.4, -0.2) is 50.8 Å². The fourth-order valence-electron chi connectivity index (χ4n) is 3.15. The lowest BCUT2D eigenvalue weighted by atomic mass is 10.1. The molecule has 2 rings (SSSR count). The Hall–Kier alpha value is -1.42. The highest BCUT2D eigenvalue weighted by molar-refractivity contribution is 7.88. The first-order valence-corrected chi connectivity index (χ1v) is 9.71. The Morgan fingerprint density at radius 1 is 1.43 bits per heavy atom. The molecule has 0 saturated carbocycles. The molecule has 5 nitrogen and oxygen atoms in total. The Morgan fingerprint density at radius 2 is 2.22 bits per heavy atom. The number of rotatable bonds is 7. The molecule has 1 aliphatic heterocycles. The van der Waals surface area contributed by atoms with Gasteiger partial charge in [-0.2, -0.15) is 5.26 Å². The molecule has 0 radical (unpaired) electrons. The zero-order chi connectivity index (χ0) is 16.9. The summed E-state index contributed by atoms with van der Waals surface area (Å²) in [5.74, 6) is 0.381. The second-order valence-electron chi connectivity index (χ2n) is 6.34. The van der Waals surface area contributed by atoms with Gasteiger partial charge in [0, 0.05) is 19.6 Å². The second-order valence-corrected chi connectivity index (χ2v) is 8.31. The average molecular weight is 335 g/mol. The Morgan fingerprint density at radius 3 is 2.91 bits per heavy atom. The molecule has 23 heavy (non-hydrogen) atoms. The molecule has 1 aliphatic rings. The van der Waals surface area contributed by atoms with Crippen molar-refractivity contribution in [2.75, 3.05) is 33.2 Å². The van der Waals surface area contributed by atoms with Crippen LogP contribution in [-0.2, 0) is 15.8 Å². The van der Waals surface area contributed by atoms with Crippen molar-refractivity contribution in [3.05, 3.63) is 35.4 Å². The van der Waals surface area contributed by atoms with Crippen molar-refractivity contribution in [3.63, 3.8) is 0 Å². The van der Waals surface area contributed by atoms with Crippen molar-refractivity contribution in [1.29, 1.82) is 5.26 Å². The van der Waals surface area contributed by atoms with E-state index in [4.69, 9.17) is 5.26 Å². The highest BCUT2D eigenvalue weighted by Crippen LogP contribution is 2.22. The quantitative estimate of drug-likeness (QED) is 0.765. The Bertz CT molecular complexity index is 667. The van der Waals surface area contributed by atoms with Gasteiger partial charge < -0.3 is 4.90 Å². The molecule has 0 N–H and O–H groups in total. The smallest absolute Gasteiger partial charge is 0.218 e. The van der Waals surface area contributed by atoms with E-state index in [1.807, 2.05) is 6.07 Å². The van der Waals surface area contributed by atoms with Crippen LogP contribution in [0.1, 0.15) is 30.9 Å². The number of sulfonamides is 1. The molecule has 1 heterocycles. The first kappa shape index (κ1) is 17.9. The third-order valence-corrected chi connectivity index (χ3v) is 6.04. The lowest BCUT2D eigenvalue weighted by Gasteiger charge is -2.21. The largest absolute Gasteiger partial charge is 0.306 e. The number of nitriles is 1. The fourth-order valence-corrected chi connectivity index (χ4v) is 4.75. The van der Waals surface area contributed by atoms with Gasteiger partial charge in [-0.1, -0.05) is 19.1 Å². The second kappa shape index (κ2) is 7.91. The van der Waals surface area contributed by atoms with E-state index >= 15 is 0 Å². The summed E-state index contributed by atoms with van der Waals surface area (Å²) in [7, 11) is -1.22. The van der Waals surface area contributed by atoms with Crippen LogP contribution in [0.4, 0.5) is 0 Å². The summed E-state index contributed by atoms with van der Waals surface area (Å²) >= 11 is 0. The molecule has 0 aromatic heterocycles. The standard InChI is InChI=1S/C17H25N3O2S/c1-3-8-19(2)12-17-7-9-20(13-17)23(21,22)14-16-6-4-5-15(10-16)11-18/h4-6,10,17H,3,7-9,12-14H2,1-2H3/t17-/m1/s1. The molecule has 1 saturated heterocycles. The van der Waals surface area contributed by atoms with E-state index < -0.39 is 10.0 Å². The van der Waals surface area contributed by atoms with Gasteiger partial charge in [-0.3, -0.25) is 0 Å². The maximum absolute atomic E-state index is 12.6. The van der Waals surface area contributed by atoms with E-state index in [0.29, 0.717) is 30.1 Å². The third-order valence-electron chi connectivity index (χ3n) is 4.22. The maximum atomic E-state index is 12.6. The molecule has 1 aromatic rings. The lowest BCUT2D eigenvalue weighted by molar-refractivity contribution is 0.281. The van der Waals surface area contributed by atoms with E-state index in [1.165, 1.54) is 0 Å². The zero-order valence-electron chi connectivity index (χ0n) is 13.9. The summed E-state index contributed by atoms with van der Waals surface area (Å²) in [5.41, 5.74) is 1.17. The molecule has 126 valence electrons. The molecular weight excluding hydrogens is 310 g/mol. The van der Waals surface area contributed by atoms with Crippen LogP contribution in [0, 0.1) is 17.2 Å². The monoisotopic (exact) mass is 335 g/mol. The fraction of sp³-hybridized carbons (Fsp3) is 0.588. The summed E-state index contributed by atoms with van der Waals surface area (Å²) in [6, 6.07) is 8.89. The van der Waals surface area contributed by atoms with E-state index in [1.54, 1.807) is 28.6 Å². The van der Waals surface area contributed by atoms with Crippen LogP contribution in [0.15, 0.2) is 24.3 Å². The lowest BCUT2D eigenvalue weighted by Crippen LogP contribution is -2.32. The molecule has 0 unspecified atom stereocenters. The van der Waals surface area contributed by atoms with Crippen molar-refractivity contribution in [1.82, 2.24) is 9.21 Å². The molecule has 6 heteroatoms. The SMILES string of the molecule is CCCN(C)C[C@H]1CCN(S(=O)(=O)Cc2cccc(C#N)c2)C1. The minimum Gasteiger partial charge on any atom is -0.306 e. The molecule has 1 atom stereocenters. The van der Waals surface area contributed by atoms with Gasteiger partial charge in [0.1, 0.15) is 0 Å².